The average Bonchev–Trinajstić information content (AvgIpc) is 2.09. The number of esters is 2. The first-order valence-electron chi connectivity index (χ1n) is 5.98. The van der Waals surface area contributed by atoms with Gasteiger partial charge in [0.2, 0.25) is 6.29 Å². The summed E-state index contributed by atoms with van der Waals surface area (Å²) < 4.78 is 10.2. The van der Waals surface area contributed by atoms with E-state index in [1.54, 1.807) is 0 Å². The van der Waals surface area contributed by atoms with Gasteiger partial charge in [-0.25, -0.2) is 0 Å². The predicted octanol–water partition coefficient (Wildman–Crippen LogP) is 0.112. The summed E-state index contributed by atoms with van der Waals surface area (Å²) in [6, 6.07) is 0. The van der Waals surface area contributed by atoms with Crippen molar-refractivity contribution in [1.29, 1.82) is 0 Å². The van der Waals surface area contributed by atoms with Gasteiger partial charge in [0.1, 0.15) is 6.54 Å². The lowest BCUT2D eigenvalue weighted by Gasteiger charge is -2.28. The quantitative estimate of drug-likeness (QED) is 0.206. The molecular formula is C11H21N2O7+. The molecule has 0 spiro atoms. The number of nitrogens with zero attached hydrogens (tertiary/aromatic N) is 2. The summed E-state index contributed by atoms with van der Waals surface area (Å²) in [6.07, 6.45) is -2.16. The number of hydrogen-bond acceptors (Lipinski definition) is 7. The Hall–Kier alpha value is -1.90. The second kappa shape index (κ2) is 7.63. The van der Waals surface area contributed by atoms with Crippen LogP contribution < -0.4 is 0 Å². The van der Waals surface area contributed by atoms with Crippen molar-refractivity contribution in [1.82, 2.24) is 0 Å². The molecule has 2 atom stereocenters. The smallest absolute Gasteiger partial charge is 0.311 e. The van der Waals surface area contributed by atoms with E-state index in [1.165, 1.54) is 13.8 Å². The minimum Gasteiger partial charge on any atom is -0.456 e. The molecule has 0 N–H and O–H groups in total. The van der Waals surface area contributed by atoms with Crippen LogP contribution in [-0.4, -0.2) is 61.6 Å². The predicted molar refractivity (Wildman–Crippen MR) is 66.7 cm³/mol. The third-order valence-electron chi connectivity index (χ3n) is 2.01. The number of rotatable bonds is 8. The van der Waals surface area contributed by atoms with Crippen LogP contribution in [0.4, 0.5) is 0 Å². The van der Waals surface area contributed by atoms with E-state index in [2.05, 4.69) is 9.57 Å². The number of carbonyl (C=O) groups is 2. The Morgan fingerprint density at radius 2 is 1.80 bits per heavy atom. The molecular weight excluding hydrogens is 272 g/mol. The molecule has 0 heterocycles. The molecule has 0 aromatic rings. The van der Waals surface area contributed by atoms with Gasteiger partial charge in [-0.05, 0) is 6.92 Å². The van der Waals surface area contributed by atoms with Gasteiger partial charge in [-0.15, -0.1) is 10.1 Å². The normalized spacial score (nSPS) is 14.1. The Kier molecular flexibility index (Phi) is 6.91. The lowest BCUT2D eigenvalue weighted by molar-refractivity contribution is -0.873. The maximum atomic E-state index is 11.6. The van der Waals surface area contributed by atoms with Gasteiger partial charge in [-0.3, -0.25) is 14.4 Å². The second-order valence-electron chi connectivity index (χ2n) is 5.29. The zero-order chi connectivity index (χ0) is 15.9. The number of hydrogen-bond donors (Lipinski definition) is 0. The highest BCUT2D eigenvalue weighted by Crippen LogP contribution is 2.08. The Bertz CT molecular complexity index is 364. The molecule has 0 saturated carbocycles. The van der Waals surface area contributed by atoms with Crippen molar-refractivity contribution in [3.8, 4) is 0 Å². The van der Waals surface area contributed by atoms with Gasteiger partial charge in [0, 0.05) is 6.92 Å². The van der Waals surface area contributed by atoms with Crippen molar-refractivity contribution in [3.05, 3.63) is 10.1 Å². The van der Waals surface area contributed by atoms with Gasteiger partial charge in [-0.1, -0.05) is 0 Å². The monoisotopic (exact) mass is 293 g/mol. The highest BCUT2D eigenvalue weighted by molar-refractivity contribution is 5.71. The maximum absolute atomic E-state index is 11.6. The van der Waals surface area contributed by atoms with Crippen LogP contribution in [0.5, 0.6) is 0 Å². The van der Waals surface area contributed by atoms with Gasteiger partial charge in [0.15, 0.2) is 6.10 Å². The van der Waals surface area contributed by atoms with E-state index in [1.807, 2.05) is 21.1 Å². The van der Waals surface area contributed by atoms with Crippen LogP contribution in [0.1, 0.15) is 20.3 Å². The summed E-state index contributed by atoms with van der Waals surface area (Å²) in [7, 11) is 5.63. The van der Waals surface area contributed by atoms with E-state index in [9.17, 15) is 19.7 Å². The van der Waals surface area contributed by atoms with Crippen LogP contribution in [0.3, 0.4) is 0 Å². The fraction of sp³-hybridized carbons (Fsp3) is 0.818. The Morgan fingerprint density at radius 1 is 1.25 bits per heavy atom. The first kappa shape index (κ1) is 18.1. The summed E-state index contributed by atoms with van der Waals surface area (Å²) in [5.74, 6) is -1.25. The van der Waals surface area contributed by atoms with Crippen LogP contribution in [-0.2, 0) is 23.9 Å². The van der Waals surface area contributed by atoms with Gasteiger partial charge in [0.25, 0.3) is 5.09 Å². The first-order valence-corrected chi connectivity index (χ1v) is 5.98. The topological polar surface area (TPSA) is 105 Å². The molecule has 20 heavy (non-hydrogen) atoms. The Labute approximate surface area is 117 Å². The number of ether oxygens (including phenoxy) is 2. The third-order valence-corrected chi connectivity index (χ3v) is 2.01. The zero-order valence-corrected chi connectivity index (χ0v) is 12.3. The molecule has 0 bridgehead atoms. The van der Waals surface area contributed by atoms with E-state index in [0.717, 1.165) is 0 Å². The van der Waals surface area contributed by atoms with Crippen molar-refractivity contribution < 1.29 is 33.5 Å². The molecule has 0 aromatic heterocycles. The van der Waals surface area contributed by atoms with Crippen molar-refractivity contribution in [3.63, 3.8) is 0 Å². The molecule has 0 saturated heterocycles. The van der Waals surface area contributed by atoms with Gasteiger partial charge >= 0.3 is 11.9 Å². The van der Waals surface area contributed by atoms with E-state index in [4.69, 9.17) is 4.74 Å². The Balaban J connectivity index is 4.45. The number of likely N-dealkylation sites (N-methyl/N-ethyl adjacent to an activating group) is 1. The molecule has 1 unspecified atom stereocenters. The lowest BCUT2D eigenvalue weighted by Crippen LogP contribution is -2.44. The summed E-state index contributed by atoms with van der Waals surface area (Å²) in [5, 5.41) is 9.02. The first-order chi connectivity index (χ1) is 8.99. The van der Waals surface area contributed by atoms with Crippen LogP contribution in [0.25, 0.3) is 0 Å². The van der Waals surface area contributed by atoms with Crippen LogP contribution in [0.2, 0.25) is 0 Å². The molecule has 0 aliphatic rings. The van der Waals surface area contributed by atoms with Crippen LogP contribution in [0.15, 0.2) is 0 Å². The molecule has 0 radical (unpaired) electrons. The maximum Gasteiger partial charge on any atom is 0.311 e. The number of carbonyl (C=O) groups excluding carboxylic acids is 2. The second-order valence-corrected chi connectivity index (χ2v) is 5.29. The summed E-state index contributed by atoms with van der Waals surface area (Å²) in [6.45, 7) is 2.87. The molecule has 0 aliphatic heterocycles. The van der Waals surface area contributed by atoms with Crippen molar-refractivity contribution in [2.24, 2.45) is 0 Å². The Morgan fingerprint density at radius 3 is 2.20 bits per heavy atom. The molecule has 0 aliphatic carbocycles. The van der Waals surface area contributed by atoms with Crippen LogP contribution >= 0.6 is 0 Å². The van der Waals surface area contributed by atoms with Gasteiger partial charge in [-0.2, -0.15) is 0 Å². The van der Waals surface area contributed by atoms with Crippen molar-refractivity contribution in [2.75, 3.05) is 27.7 Å². The standard InChI is InChI=1S/C11H21N2O7/c1-8(14)18-10(7-13(3,4)5)6-11(15)19-9(2)20-12(16)17/h9-10H,6-7H2,1-5H3/q+1/t9?,10-/m1/s1. The third kappa shape index (κ3) is 10.1. The SMILES string of the molecule is CC(=O)O[C@H](CC(=O)OC(C)O[N+](=O)[O-])C[N+](C)(C)C. The van der Waals surface area contributed by atoms with E-state index >= 15 is 0 Å². The minimum absolute atomic E-state index is 0.194. The highest BCUT2D eigenvalue weighted by Gasteiger charge is 2.25. The van der Waals surface area contributed by atoms with Crippen molar-refractivity contribution in [2.45, 2.75) is 32.7 Å². The molecule has 0 amide bonds. The highest BCUT2D eigenvalue weighted by atomic mass is 17.0. The van der Waals surface area contributed by atoms with E-state index in [-0.39, 0.29) is 6.42 Å². The largest absolute Gasteiger partial charge is 0.456 e. The van der Waals surface area contributed by atoms with Crippen LogP contribution in [0, 0.1) is 10.1 Å². The lowest BCUT2D eigenvalue weighted by atomic mass is 10.2. The summed E-state index contributed by atoms with van der Waals surface area (Å²) in [5.41, 5.74) is 0. The molecule has 116 valence electrons. The molecule has 9 nitrogen and oxygen atoms in total. The van der Waals surface area contributed by atoms with E-state index in [0.29, 0.717) is 11.0 Å². The van der Waals surface area contributed by atoms with E-state index < -0.39 is 29.4 Å². The van der Waals surface area contributed by atoms with Crippen molar-refractivity contribution >= 4 is 11.9 Å². The fourth-order valence-corrected chi connectivity index (χ4v) is 1.55. The molecule has 9 heteroatoms. The van der Waals surface area contributed by atoms with Gasteiger partial charge in [0.05, 0.1) is 27.6 Å². The summed E-state index contributed by atoms with van der Waals surface area (Å²) >= 11 is 0. The molecule has 0 aromatic carbocycles. The minimum atomic E-state index is -1.31. The summed E-state index contributed by atoms with van der Waals surface area (Å²) in [4.78, 5) is 36.7. The zero-order valence-electron chi connectivity index (χ0n) is 12.3. The molecule has 0 fully saturated rings. The fourth-order valence-electron chi connectivity index (χ4n) is 1.55. The van der Waals surface area contributed by atoms with Gasteiger partial charge < -0.3 is 14.0 Å². The number of quaternary nitrogens is 1. The molecule has 0 rings (SSSR count). The average molecular weight is 293 g/mol.